The third-order valence-electron chi connectivity index (χ3n) is 3.30. The molecule has 0 unspecified atom stereocenters. The molecule has 2 aromatic carbocycles. The van der Waals surface area contributed by atoms with E-state index in [1.54, 1.807) is 24.3 Å². The van der Waals surface area contributed by atoms with Gasteiger partial charge in [-0.25, -0.2) is 4.98 Å². The van der Waals surface area contributed by atoms with Gasteiger partial charge < -0.3 is 10.2 Å². The van der Waals surface area contributed by atoms with Gasteiger partial charge in [-0.05, 0) is 46.3 Å². The van der Waals surface area contributed by atoms with E-state index in [9.17, 15) is 10.2 Å². The van der Waals surface area contributed by atoms with Gasteiger partial charge in [-0.1, -0.05) is 39.1 Å². The number of nitrogens with one attached hydrogen (secondary N) is 1. The van der Waals surface area contributed by atoms with Gasteiger partial charge in [0, 0.05) is 15.4 Å². The van der Waals surface area contributed by atoms with E-state index < -0.39 is 0 Å². The molecule has 25 heavy (non-hydrogen) atoms. The second-order valence-corrected chi connectivity index (χ2v) is 7.56. The first-order valence-corrected chi connectivity index (χ1v) is 9.16. The molecule has 3 rings (SSSR count). The first kappa shape index (κ1) is 18.3. The maximum absolute atomic E-state index is 10.0. The van der Waals surface area contributed by atoms with E-state index in [1.165, 1.54) is 12.3 Å². The van der Waals surface area contributed by atoms with Crippen molar-refractivity contribution in [2.24, 2.45) is 5.10 Å². The van der Waals surface area contributed by atoms with Crippen LogP contribution in [0.4, 0.5) is 5.82 Å². The third-order valence-corrected chi connectivity index (χ3v) is 4.96. The van der Waals surface area contributed by atoms with Gasteiger partial charge in [0.2, 0.25) is 0 Å². The fraction of sp³-hybridized carbons (Fsp3) is 0. The first-order chi connectivity index (χ1) is 11.9. The number of hydrazone groups is 1. The highest BCUT2D eigenvalue weighted by molar-refractivity contribution is 9.11. The lowest BCUT2D eigenvalue weighted by atomic mass is 10.2. The van der Waals surface area contributed by atoms with Crippen molar-refractivity contribution in [1.29, 1.82) is 0 Å². The predicted molar refractivity (Wildman–Crippen MR) is 108 cm³/mol. The van der Waals surface area contributed by atoms with Crippen LogP contribution >= 0.6 is 55.1 Å². The van der Waals surface area contributed by atoms with E-state index in [1.807, 2.05) is 0 Å². The number of pyridine rings is 1. The van der Waals surface area contributed by atoms with E-state index >= 15 is 0 Å². The Hall–Kier alpha value is -1.54. The molecule has 0 aliphatic carbocycles. The molecule has 1 heterocycles. The number of benzene rings is 2. The number of phenolic OH excluding ortho intramolecular Hbond substituents is 2. The lowest BCUT2D eigenvalue weighted by Crippen LogP contribution is -1.95. The largest absolute Gasteiger partial charge is 0.506 e. The average molecular weight is 506 g/mol. The lowest BCUT2D eigenvalue weighted by Gasteiger charge is -2.07. The van der Waals surface area contributed by atoms with E-state index in [0.717, 1.165) is 4.47 Å². The monoisotopic (exact) mass is 503 g/mol. The van der Waals surface area contributed by atoms with Crippen LogP contribution in [0.15, 0.2) is 44.4 Å². The number of fused-ring (bicyclic) bond motifs is 1. The maximum Gasteiger partial charge on any atom is 0.160 e. The molecule has 0 radical (unpaired) electrons. The molecule has 0 saturated carbocycles. The van der Waals surface area contributed by atoms with Crippen LogP contribution in [-0.2, 0) is 0 Å². The van der Waals surface area contributed by atoms with Crippen molar-refractivity contribution in [3.8, 4) is 11.5 Å². The number of halogens is 4. The summed E-state index contributed by atoms with van der Waals surface area (Å²) >= 11 is 18.6. The van der Waals surface area contributed by atoms with E-state index in [2.05, 4.69) is 47.4 Å². The second kappa shape index (κ2) is 7.37. The summed E-state index contributed by atoms with van der Waals surface area (Å²) in [5, 5.41) is 25.2. The molecule has 1 aromatic heterocycles. The topological polar surface area (TPSA) is 77.7 Å². The number of phenols is 2. The molecule has 5 nitrogen and oxygen atoms in total. The zero-order valence-corrected chi connectivity index (χ0v) is 16.9. The Balaban J connectivity index is 1.90. The molecular formula is C16H9Br2Cl2N3O2. The van der Waals surface area contributed by atoms with Gasteiger partial charge in [0.25, 0.3) is 0 Å². The number of hydrogen-bond acceptors (Lipinski definition) is 5. The summed E-state index contributed by atoms with van der Waals surface area (Å²) in [4.78, 5) is 4.26. The summed E-state index contributed by atoms with van der Waals surface area (Å²) in [7, 11) is 0. The smallest absolute Gasteiger partial charge is 0.160 e. The van der Waals surface area contributed by atoms with Crippen molar-refractivity contribution in [3.05, 3.63) is 54.9 Å². The summed E-state index contributed by atoms with van der Waals surface area (Å²) in [6.45, 7) is 0. The van der Waals surface area contributed by atoms with Crippen LogP contribution in [0.1, 0.15) is 5.56 Å². The molecule has 0 atom stereocenters. The van der Waals surface area contributed by atoms with E-state index in [-0.39, 0.29) is 22.0 Å². The van der Waals surface area contributed by atoms with Crippen LogP contribution in [0.5, 0.6) is 11.5 Å². The van der Waals surface area contributed by atoms with Crippen molar-refractivity contribution in [3.63, 3.8) is 0 Å². The van der Waals surface area contributed by atoms with Crippen LogP contribution in [0.25, 0.3) is 10.9 Å². The molecule has 0 aliphatic heterocycles. The Morgan fingerprint density at radius 2 is 1.80 bits per heavy atom. The normalized spacial score (nSPS) is 11.4. The molecule has 0 aliphatic rings. The van der Waals surface area contributed by atoms with Crippen LogP contribution < -0.4 is 5.43 Å². The second-order valence-electron chi connectivity index (χ2n) is 4.98. The zero-order valence-electron chi connectivity index (χ0n) is 12.3. The van der Waals surface area contributed by atoms with Gasteiger partial charge in [0.15, 0.2) is 5.75 Å². The summed E-state index contributed by atoms with van der Waals surface area (Å²) in [5.74, 6) is 0.296. The fourth-order valence-corrected chi connectivity index (χ4v) is 3.89. The van der Waals surface area contributed by atoms with Crippen LogP contribution in [0.2, 0.25) is 10.0 Å². The Bertz CT molecular complexity index is 1010. The summed E-state index contributed by atoms with van der Waals surface area (Å²) in [6.07, 6.45) is 1.45. The Morgan fingerprint density at radius 1 is 1.04 bits per heavy atom. The Kier molecular flexibility index (Phi) is 5.38. The van der Waals surface area contributed by atoms with Crippen molar-refractivity contribution in [2.75, 3.05) is 5.43 Å². The van der Waals surface area contributed by atoms with Crippen molar-refractivity contribution >= 4 is 78.0 Å². The Labute approximate surface area is 169 Å². The number of aromatic hydroxyl groups is 2. The third kappa shape index (κ3) is 3.84. The minimum absolute atomic E-state index is 0.0661. The molecule has 3 aromatic rings. The van der Waals surface area contributed by atoms with Crippen molar-refractivity contribution < 1.29 is 10.2 Å². The van der Waals surface area contributed by atoms with Gasteiger partial charge in [0.1, 0.15) is 17.1 Å². The number of hydrogen-bond donors (Lipinski definition) is 3. The summed E-state index contributed by atoms with van der Waals surface area (Å²) in [6, 6.07) is 8.26. The molecule has 0 amide bonds. The van der Waals surface area contributed by atoms with Gasteiger partial charge in [-0.15, -0.1) is 0 Å². The average Bonchev–Trinajstić information content (AvgIpc) is 2.57. The number of aromatic nitrogens is 1. The lowest BCUT2D eigenvalue weighted by molar-refractivity contribution is 0.471. The molecule has 0 fully saturated rings. The van der Waals surface area contributed by atoms with Crippen molar-refractivity contribution in [2.45, 2.75) is 0 Å². The van der Waals surface area contributed by atoms with Crippen LogP contribution in [0.3, 0.4) is 0 Å². The number of rotatable bonds is 3. The molecule has 0 spiro atoms. The Morgan fingerprint density at radius 3 is 2.56 bits per heavy atom. The van der Waals surface area contributed by atoms with Gasteiger partial charge >= 0.3 is 0 Å². The highest BCUT2D eigenvalue weighted by Crippen LogP contribution is 2.36. The zero-order chi connectivity index (χ0) is 18.1. The first-order valence-electron chi connectivity index (χ1n) is 6.81. The standard InChI is InChI=1S/C16H9Br2Cl2N3O2/c17-8-3-7(15(24)10(18)4-8)6-21-23-13-2-1-9-11(19)5-12(20)16(25)14(9)22-13/h1-6,24-25H,(H,22,23)/b21-6+. The maximum atomic E-state index is 10.0. The number of nitrogens with zero attached hydrogens (tertiary/aromatic N) is 2. The predicted octanol–water partition coefficient (Wildman–Crippen LogP) is 5.92. The minimum Gasteiger partial charge on any atom is -0.506 e. The SMILES string of the molecule is Oc1c(Br)cc(Br)cc1/C=N/Nc1ccc2c(Cl)cc(Cl)c(O)c2n1. The summed E-state index contributed by atoms with van der Waals surface area (Å²) < 4.78 is 1.33. The van der Waals surface area contributed by atoms with Crippen LogP contribution in [0, 0.1) is 0 Å². The van der Waals surface area contributed by atoms with E-state index in [4.69, 9.17) is 23.2 Å². The molecule has 128 valence electrons. The highest BCUT2D eigenvalue weighted by atomic mass is 79.9. The highest BCUT2D eigenvalue weighted by Gasteiger charge is 2.11. The van der Waals surface area contributed by atoms with Gasteiger partial charge in [-0.2, -0.15) is 5.10 Å². The quantitative estimate of drug-likeness (QED) is 0.305. The van der Waals surface area contributed by atoms with Gasteiger partial charge in [0.05, 0.1) is 20.7 Å². The van der Waals surface area contributed by atoms with Gasteiger partial charge in [-0.3, -0.25) is 5.43 Å². The van der Waals surface area contributed by atoms with E-state index in [0.29, 0.717) is 26.3 Å². The molecule has 9 heteroatoms. The molecular weight excluding hydrogens is 497 g/mol. The molecule has 0 saturated heterocycles. The molecule has 3 N–H and O–H groups in total. The number of anilines is 1. The molecule has 0 bridgehead atoms. The fourth-order valence-electron chi connectivity index (χ4n) is 2.12. The minimum atomic E-state index is -0.151. The van der Waals surface area contributed by atoms with Crippen molar-refractivity contribution in [1.82, 2.24) is 4.98 Å². The summed E-state index contributed by atoms with van der Waals surface area (Å²) in [5.41, 5.74) is 3.51. The van der Waals surface area contributed by atoms with Crippen LogP contribution in [-0.4, -0.2) is 21.4 Å².